The molecule has 0 nitrogen and oxygen atoms in total. The molecule has 11 heavy (non-hydrogen) atoms. The van der Waals surface area contributed by atoms with Crippen LogP contribution < -0.4 is 0 Å². The molecular formula is C9H20S2. The normalized spacial score (nSPS) is 13.9. The maximum Gasteiger partial charge on any atom is 0.0474 e. The van der Waals surface area contributed by atoms with Crippen molar-refractivity contribution in [3.05, 3.63) is 0 Å². The van der Waals surface area contributed by atoms with Gasteiger partial charge in [0.1, 0.15) is 0 Å². The maximum absolute atomic E-state index is 2.31. The van der Waals surface area contributed by atoms with Crippen molar-refractivity contribution < 1.29 is 0 Å². The second-order valence-corrected chi connectivity index (χ2v) is 6.29. The number of rotatable bonds is 6. The SMILES string of the molecule is CCCSC(C)SCC(C)C. The summed E-state index contributed by atoms with van der Waals surface area (Å²) in [6.07, 6.45) is 1.30. The minimum atomic E-state index is 0.789. The smallest absolute Gasteiger partial charge is 0.0474 e. The molecule has 0 saturated carbocycles. The highest BCUT2D eigenvalue weighted by Gasteiger charge is 2.02. The molecule has 68 valence electrons. The average molecular weight is 192 g/mol. The molecule has 0 saturated heterocycles. The van der Waals surface area contributed by atoms with Crippen molar-refractivity contribution in [2.75, 3.05) is 11.5 Å². The first-order valence-electron chi connectivity index (χ1n) is 4.40. The van der Waals surface area contributed by atoms with E-state index in [4.69, 9.17) is 0 Å². The molecule has 0 heterocycles. The van der Waals surface area contributed by atoms with Crippen molar-refractivity contribution in [2.45, 2.75) is 38.7 Å². The van der Waals surface area contributed by atoms with E-state index < -0.39 is 0 Å². The van der Waals surface area contributed by atoms with Crippen LogP contribution in [0.25, 0.3) is 0 Å². The highest BCUT2D eigenvalue weighted by Crippen LogP contribution is 2.25. The average Bonchev–Trinajstić information content (AvgIpc) is 1.97. The first-order valence-corrected chi connectivity index (χ1v) is 6.49. The van der Waals surface area contributed by atoms with Gasteiger partial charge in [-0.15, -0.1) is 23.5 Å². The summed E-state index contributed by atoms with van der Waals surface area (Å²) in [5.41, 5.74) is 0. The van der Waals surface area contributed by atoms with E-state index in [2.05, 4.69) is 51.2 Å². The van der Waals surface area contributed by atoms with E-state index in [1.165, 1.54) is 17.9 Å². The summed E-state index contributed by atoms with van der Waals surface area (Å²) in [6, 6.07) is 0. The molecule has 0 aliphatic carbocycles. The fourth-order valence-electron chi connectivity index (χ4n) is 0.660. The van der Waals surface area contributed by atoms with E-state index in [9.17, 15) is 0 Å². The Balaban J connectivity index is 3.15. The molecule has 2 heteroatoms. The van der Waals surface area contributed by atoms with Gasteiger partial charge in [0.2, 0.25) is 0 Å². The Kier molecular flexibility index (Phi) is 7.82. The number of hydrogen-bond acceptors (Lipinski definition) is 2. The third-order valence-corrected chi connectivity index (χ3v) is 4.48. The number of thioether (sulfide) groups is 2. The molecule has 0 radical (unpaired) electrons. The summed E-state index contributed by atoms with van der Waals surface area (Å²) >= 11 is 4.17. The van der Waals surface area contributed by atoms with Crippen LogP contribution in [0.2, 0.25) is 0 Å². The molecule has 0 aliphatic heterocycles. The van der Waals surface area contributed by atoms with Crippen LogP contribution in [0.3, 0.4) is 0 Å². The van der Waals surface area contributed by atoms with Crippen LogP contribution in [-0.2, 0) is 0 Å². The Morgan fingerprint density at radius 1 is 1.09 bits per heavy atom. The van der Waals surface area contributed by atoms with Gasteiger partial charge >= 0.3 is 0 Å². The lowest BCUT2D eigenvalue weighted by Gasteiger charge is -2.11. The highest BCUT2D eigenvalue weighted by molar-refractivity contribution is 8.16. The molecule has 1 unspecified atom stereocenters. The topological polar surface area (TPSA) is 0 Å². The Bertz CT molecular complexity index is 81.6. The van der Waals surface area contributed by atoms with Crippen molar-refractivity contribution in [1.82, 2.24) is 0 Å². The summed E-state index contributed by atoms with van der Waals surface area (Å²) in [5.74, 6) is 3.45. The molecule has 0 aromatic rings. The van der Waals surface area contributed by atoms with E-state index in [1.54, 1.807) is 0 Å². The molecule has 1 atom stereocenters. The van der Waals surface area contributed by atoms with Gasteiger partial charge in [0, 0.05) is 4.58 Å². The number of hydrogen-bond donors (Lipinski definition) is 0. The lowest BCUT2D eigenvalue weighted by molar-refractivity contribution is 0.750. The zero-order valence-corrected chi connectivity index (χ0v) is 9.73. The van der Waals surface area contributed by atoms with Crippen molar-refractivity contribution in [1.29, 1.82) is 0 Å². The van der Waals surface area contributed by atoms with Crippen molar-refractivity contribution in [3.8, 4) is 0 Å². The van der Waals surface area contributed by atoms with Crippen molar-refractivity contribution in [2.24, 2.45) is 5.92 Å². The predicted molar refractivity (Wildman–Crippen MR) is 59.5 cm³/mol. The predicted octanol–water partition coefficient (Wildman–Crippen LogP) is 3.86. The molecule has 0 rings (SSSR count). The third kappa shape index (κ3) is 8.61. The largest absolute Gasteiger partial charge is 0.148 e. The van der Waals surface area contributed by atoms with Gasteiger partial charge < -0.3 is 0 Å². The van der Waals surface area contributed by atoms with Crippen LogP contribution in [0.15, 0.2) is 0 Å². The molecule has 0 aliphatic rings. The molecule has 0 aromatic carbocycles. The molecule has 0 aromatic heterocycles. The minimum Gasteiger partial charge on any atom is -0.148 e. The van der Waals surface area contributed by atoms with Crippen LogP contribution in [-0.4, -0.2) is 16.1 Å². The highest BCUT2D eigenvalue weighted by atomic mass is 32.2. The fourth-order valence-corrected chi connectivity index (χ4v) is 2.79. The first-order chi connectivity index (χ1) is 5.16. The van der Waals surface area contributed by atoms with E-state index in [-0.39, 0.29) is 0 Å². The summed E-state index contributed by atoms with van der Waals surface area (Å²) in [5, 5.41) is 0. The van der Waals surface area contributed by atoms with Gasteiger partial charge in [-0.05, 0) is 30.8 Å². The van der Waals surface area contributed by atoms with Crippen LogP contribution in [0.5, 0.6) is 0 Å². The Labute approximate surface area is 79.9 Å². The lowest BCUT2D eigenvalue weighted by atomic mass is 10.3. The van der Waals surface area contributed by atoms with Gasteiger partial charge in [0.15, 0.2) is 0 Å². The van der Waals surface area contributed by atoms with Crippen LogP contribution in [0.4, 0.5) is 0 Å². The van der Waals surface area contributed by atoms with Crippen LogP contribution in [0.1, 0.15) is 34.1 Å². The van der Waals surface area contributed by atoms with E-state index in [0.29, 0.717) is 0 Å². The van der Waals surface area contributed by atoms with E-state index in [1.807, 2.05) is 0 Å². The Hall–Kier alpha value is 0.700. The van der Waals surface area contributed by atoms with E-state index in [0.717, 1.165) is 10.5 Å². The van der Waals surface area contributed by atoms with Gasteiger partial charge in [0.25, 0.3) is 0 Å². The Morgan fingerprint density at radius 2 is 1.73 bits per heavy atom. The third-order valence-electron chi connectivity index (χ3n) is 1.22. The summed E-state index contributed by atoms with van der Waals surface area (Å²) in [6.45, 7) is 9.12. The molecule has 0 amide bonds. The van der Waals surface area contributed by atoms with Gasteiger partial charge in [-0.3, -0.25) is 0 Å². The monoisotopic (exact) mass is 192 g/mol. The summed E-state index contributed by atoms with van der Waals surface area (Å²) in [4.78, 5) is 0. The zero-order chi connectivity index (χ0) is 8.69. The second kappa shape index (κ2) is 7.35. The summed E-state index contributed by atoms with van der Waals surface area (Å²) < 4.78 is 0.789. The Morgan fingerprint density at radius 3 is 2.18 bits per heavy atom. The van der Waals surface area contributed by atoms with Crippen LogP contribution >= 0.6 is 23.5 Å². The van der Waals surface area contributed by atoms with Gasteiger partial charge in [-0.25, -0.2) is 0 Å². The van der Waals surface area contributed by atoms with Crippen molar-refractivity contribution >= 4 is 23.5 Å². The molecular weight excluding hydrogens is 172 g/mol. The maximum atomic E-state index is 2.31. The van der Waals surface area contributed by atoms with Crippen molar-refractivity contribution in [3.63, 3.8) is 0 Å². The zero-order valence-electron chi connectivity index (χ0n) is 8.09. The molecule has 0 fully saturated rings. The first kappa shape index (κ1) is 11.7. The minimum absolute atomic E-state index is 0.789. The molecule has 0 N–H and O–H groups in total. The second-order valence-electron chi connectivity index (χ2n) is 3.17. The van der Waals surface area contributed by atoms with Gasteiger partial charge in [-0.2, -0.15) is 0 Å². The van der Waals surface area contributed by atoms with Gasteiger partial charge in [-0.1, -0.05) is 20.8 Å². The van der Waals surface area contributed by atoms with Gasteiger partial charge in [0.05, 0.1) is 0 Å². The van der Waals surface area contributed by atoms with E-state index >= 15 is 0 Å². The standard InChI is InChI=1S/C9H20S2/c1-5-6-10-9(4)11-7-8(2)3/h8-9H,5-7H2,1-4H3. The molecule has 0 bridgehead atoms. The fraction of sp³-hybridized carbons (Fsp3) is 1.00. The summed E-state index contributed by atoms with van der Waals surface area (Å²) in [7, 11) is 0. The quantitative estimate of drug-likeness (QED) is 0.586. The lowest BCUT2D eigenvalue weighted by Crippen LogP contribution is -1.97. The van der Waals surface area contributed by atoms with Crippen LogP contribution in [0, 0.1) is 5.92 Å². The molecule has 0 spiro atoms.